The molecule has 28 heavy (non-hydrogen) atoms. The Hall–Kier alpha value is -3.00. The van der Waals surface area contributed by atoms with Gasteiger partial charge in [-0.25, -0.2) is 0 Å². The quantitative estimate of drug-likeness (QED) is 0.701. The van der Waals surface area contributed by atoms with E-state index in [0.717, 1.165) is 5.56 Å². The van der Waals surface area contributed by atoms with Gasteiger partial charge in [-0.15, -0.1) is 0 Å². The molecule has 8 heteroatoms. The number of nitrogens with two attached hydrogens (primary N) is 1. The molecule has 146 valence electrons. The third-order valence-corrected chi connectivity index (χ3v) is 5.38. The SMILES string of the molecule is CC(C)c1ccc2c(c1)OC1(O)c3cccc(N)c3C(=O)C21NC(=O)C(F)F. The summed E-state index contributed by atoms with van der Waals surface area (Å²) in [6.45, 7) is 3.89. The average Bonchev–Trinajstić information content (AvgIpc) is 2.99. The maximum absolute atomic E-state index is 13.4. The number of rotatable bonds is 3. The van der Waals surface area contributed by atoms with Gasteiger partial charge in [-0.2, -0.15) is 8.78 Å². The fraction of sp³-hybridized carbons (Fsp3) is 0.300. The van der Waals surface area contributed by atoms with Crippen molar-refractivity contribution in [2.45, 2.75) is 37.5 Å². The number of alkyl halides is 2. The molecule has 2 aromatic carbocycles. The lowest BCUT2D eigenvalue weighted by Crippen LogP contribution is -2.61. The van der Waals surface area contributed by atoms with Gasteiger partial charge in [-0.05, 0) is 23.6 Å². The molecule has 1 aliphatic heterocycles. The Kier molecular flexibility index (Phi) is 3.77. The molecule has 1 amide bonds. The molecule has 6 nitrogen and oxygen atoms in total. The fourth-order valence-corrected chi connectivity index (χ4v) is 3.99. The van der Waals surface area contributed by atoms with E-state index in [-0.39, 0.29) is 34.0 Å². The standard InChI is InChI=1S/C20H18F2N2O4/c1-9(2)10-6-7-11-14(8-10)28-20(27)12-4-3-5-13(23)15(12)16(25)19(11,20)24-18(26)17(21)22/h3-9,17,27H,23H2,1-2H3,(H,24,26). The van der Waals surface area contributed by atoms with Gasteiger partial charge in [0.2, 0.25) is 11.3 Å². The number of carbonyl (C=O) groups is 2. The minimum atomic E-state index is -3.38. The Labute approximate surface area is 159 Å². The second kappa shape index (κ2) is 5.75. The highest BCUT2D eigenvalue weighted by Crippen LogP contribution is 2.59. The number of ether oxygens (including phenoxy) is 1. The third kappa shape index (κ3) is 2.09. The number of hydrogen-bond donors (Lipinski definition) is 3. The summed E-state index contributed by atoms with van der Waals surface area (Å²) in [5.41, 5.74) is 4.65. The fourth-order valence-electron chi connectivity index (χ4n) is 3.99. The molecule has 0 saturated heterocycles. The molecule has 0 bridgehead atoms. The Morgan fingerprint density at radius 3 is 2.57 bits per heavy atom. The summed E-state index contributed by atoms with van der Waals surface area (Å²) in [4.78, 5) is 25.3. The minimum Gasteiger partial charge on any atom is -0.454 e. The number of nitrogen functional groups attached to an aromatic ring is 1. The summed E-state index contributed by atoms with van der Waals surface area (Å²) in [6, 6.07) is 9.23. The lowest BCUT2D eigenvalue weighted by molar-refractivity contribution is -0.177. The van der Waals surface area contributed by atoms with Crippen molar-refractivity contribution in [3.63, 3.8) is 0 Å². The van der Waals surface area contributed by atoms with Crippen LogP contribution < -0.4 is 15.8 Å². The van der Waals surface area contributed by atoms with Crippen LogP contribution in [0.3, 0.4) is 0 Å². The monoisotopic (exact) mass is 388 g/mol. The smallest absolute Gasteiger partial charge is 0.315 e. The Morgan fingerprint density at radius 2 is 1.93 bits per heavy atom. The molecule has 2 aromatic rings. The zero-order valence-corrected chi connectivity index (χ0v) is 15.1. The van der Waals surface area contributed by atoms with E-state index in [1.165, 1.54) is 24.3 Å². The van der Waals surface area contributed by atoms with Crippen molar-refractivity contribution in [1.29, 1.82) is 0 Å². The van der Waals surface area contributed by atoms with Crippen molar-refractivity contribution < 1.29 is 28.2 Å². The van der Waals surface area contributed by atoms with Crippen LogP contribution in [-0.2, 0) is 16.1 Å². The number of Topliss-reactive ketones (excluding diaryl/α,β-unsaturated/α-hetero) is 1. The van der Waals surface area contributed by atoms with E-state index < -0.39 is 29.4 Å². The lowest BCUT2D eigenvalue weighted by atomic mass is 9.82. The van der Waals surface area contributed by atoms with Crippen LogP contribution in [0, 0.1) is 0 Å². The molecule has 1 heterocycles. The first kappa shape index (κ1) is 18.4. The summed E-state index contributed by atoms with van der Waals surface area (Å²) in [7, 11) is 0. The first-order chi connectivity index (χ1) is 13.1. The van der Waals surface area contributed by atoms with Crippen LogP contribution in [0.4, 0.5) is 14.5 Å². The van der Waals surface area contributed by atoms with Crippen LogP contribution in [-0.4, -0.2) is 23.2 Å². The maximum atomic E-state index is 13.4. The van der Waals surface area contributed by atoms with Gasteiger partial charge in [0, 0.05) is 16.8 Å². The molecule has 0 spiro atoms. The van der Waals surface area contributed by atoms with E-state index in [0.29, 0.717) is 0 Å². The van der Waals surface area contributed by atoms with Gasteiger partial charge >= 0.3 is 6.43 Å². The Bertz CT molecular complexity index is 1020. The number of hydrogen-bond acceptors (Lipinski definition) is 5. The van der Waals surface area contributed by atoms with Crippen molar-refractivity contribution in [2.24, 2.45) is 0 Å². The van der Waals surface area contributed by atoms with Gasteiger partial charge in [0.25, 0.3) is 11.7 Å². The number of carbonyl (C=O) groups excluding carboxylic acids is 2. The second-order valence-corrected chi connectivity index (χ2v) is 7.30. The Morgan fingerprint density at radius 1 is 1.21 bits per heavy atom. The van der Waals surface area contributed by atoms with E-state index in [1.807, 2.05) is 13.8 Å². The number of nitrogens with one attached hydrogen (secondary N) is 1. The highest BCUT2D eigenvalue weighted by Gasteiger charge is 2.72. The van der Waals surface area contributed by atoms with Gasteiger partial charge < -0.3 is 20.9 Å². The molecule has 0 fully saturated rings. The molecule has 2 aliphatic rings. The predicted molar refractivity (Wildman–Crippen MR) is 96.1 cm³/mol. The number of aliphatic hydroxyl groups is 1. The summed E-state index contributed by atoms with van der Waals surface area (Å²) >= 11 is 0. The van der Waals surface area contributed by atoms with Gasteiger partial charge in [0.15, 0.2) is 0 Å². The topological polar surface area (TPSA) is 102 Å². The van der Waals surface area contributed by atoms with Gasteiger partial charge in [-0.3, -0.25) is 9.59 Å². The zero-order chi connectivity index (χ0) is 20.4. The molecule has 0 radical (unpaired) electrons. The molecule has 2 unspecified atom stereocenters. The van der Waals surface area contributed by atoms with E-state index in [9.17, 15) is 23.5 Å². The number of amides is 1. The van der Waals surface area contributed by atoms with Crippen molar-refractivity contribution in [1.82, 2.24) is 5.32 Å². The lowest BCUT2D eigenvalue weighted by Gasteiger charge is -2.34. The first-order valence-electron chi connectivity index (χ1n) is 8.73. The highest BCUT2D eigenvalue weighted by atomic mass is 19.3. The largest absolute Gasteiger partial charge is 0.454 e. The number of benzene rings is 2. The zero-order valence-electron chi connectivity index (χ0n) is 15.1. The molecule has 4 N–H and O–H groups in total. The van der Waals surface area contributed by atoms with E-state index >= 15 is 0 Å². The number of anilines is 1. The summed E-state index contributed by atoms with van der Waals surface area (Å²) < 4.78 is 31.9. The molecule has 1 aliphatic carbocycles. The maximum Gasteiger partial charge on any atom is 0.315 e. The van der Waals surface area contributed by atoms with E-state index in [1.54, 1.807) is 12.1 Å². The highest BCUT2D eigenvalue weighted by molar-refractivity contribution is 6.15. The minimum absolute atomic E-state index is 0.0226. The predicted octanol–water partition coefficient (Wildman–Crippen LogP) is 2.40. The van der Waals surface area contributed by atoms with Gasteiger partial charge in [0.05, 0.1) is 5.56 Å². The third-order valence-electron chi connectivity index (χ3n) is 5.38. The van der Waals surface area contributed by atoms with E-state index in [2.05, 4.69) is 5.32 Å². The van der Waals surface area contributed by atoms with Crippen molar-refractivity contribution >= 4 is 17.4 Å². The number of ketones is 1. The van der Waals surface area contributed by atoms with Crippen LogP contribution >= 0.6 is 0 Å². The van der Waals surface area contributed by atoms with Crippen LogP contribution in [0.25, 0.3) is 0 Å². The van der Waals surface area contributed by atoms with Gasteiger partial charge in [0.1, 0.15) is 5.75 Å². The summed E-state index contributed by atoms with van der Waals surface area (Å²) in [5.74, 6) is -4.62. The van der Waals surface area contributed by atoms with Gasteiger partial charge in [-0.1, -0.05) is 38.1 Å². The molecule has 0 aromatic heterocycles. The van der Waals surface area contributed by atoms with Crippen molar-refractivity contribution in [3.05, 3.63) is 58.7 Å². The average molecular weight is 388 g/mol. The van der Waals surface area contributed by atoms with Crippen LogP contribution in [0.5, 0.6) is 5.75 Å². The molecular weight excluding hydrogens is 370 g/mol. The van der Waals surface area contributed by atoms with Crippen LogP contribution in [0.15, 0.2) is 36.4 Å². The molecule has 4 rings (SSSR count). The normalized spacial score (nSPS) is 24.8. The second-order valence-electron chi connectivity index (χ2n) is 7.30. The Balaban J connectivity index is 2.00. The summed E-state index contributed by atoms with van der Waals surface area (Å²) in [6.07, 6.45) is -3.38. The summed E-state index contributed by atoms with van der Waals surface area (Å²) in [5, 5.41) is 13.5. The van der Waals surface area contributed by atoms with Crippen LogP contribution in [0.2, 0.25) is 0 Å². The molecule has 0 saturated carbocycles. The first-order valence-corrected chi connectivity index (χ1v) is 8.73. The molecular formula is C20H18F2N2O4. The number of halogens is 2. The number of fused-ring (bicyclic) bond motifs is 5. The van der Waals surface area contributed by atoms with E-state index in [4.69, 9.17) is 10.5 Å². The molecule has 2 atom stereocenters. The van der Waals surface area contributed by atoms with Crippen molar-refractivity contribution in [3.8, 4) is 5.75 Å². The van der Waals surface area contributed by atoms with Crippen LogP contribution in [0.1, 0.15) is 46.8 Å². The van der Waals surface area contributed by atoms with Crippen molar-refractivity contribution in [2.75, 3.05) is 5.73 Å².